The summed E-state index contributed by atoms with van der Waals surface area (Å²) in [6.45, 7) is 0. The van der Waals surface area contributed by atoms with Crippen LogP contribution in [0.5, 0.6) is 0 Å². The van der Waals surface area contributed by atoms with Gasteiger partial charge in [-0.3, -0.25) is 0 Å². The van der Waals surface area contributed by atoms with Crippen molar-refractivity contribution >= 4 is 23.1 Å². The second kappa shape index (κ2) is 4.94. The molecule has 0 aliphatic rings. The molecule has 1 heterocycles. The minimum Gasteiger partial charge on any atom is -0.328 e. The Kier molecular flexibility index (Phi) is 3.37. The molecule has 0 unspecified atom stereocenters. The van der Waals surface area contributed by atoms with Crippen LogP contribution >= 0.6 is 11.6 Å². The van der Waals surface area contributed by atoms with Gasteiger partial charge in [-0.2, -0.15) is 5.10 Å². The summed E-state index contributed by atoms with van der Waals surface area (Å²) in [4.78, 5) is 1.98. The van der Waals surface area contributed by atoms with Crippen LogP contribution in [0.2, 0.25) is 0 Å². The molecule has 0 saturated heterocycles. The van der Waals surface area contributed by atoms with Crippen molar-refractivity contribution in [2.24, 2.45) is 0 Å². The van der Waals surface area contributed by atoms with Crippen LogP contribution in [-0.2, 0) is 5.88 Å². The molecule has 0 amide bonds. The number of alkyl halides is 1. The lowest BCUT2D eigenvalue weighted by Gasteiger charge is -2.17. The second-order valence-corrected chi connectivity index (χ2v) is 3.68. The van der Waals surface area contributed by atoms with E-state index in [4.69, 9.17) is 11.6 Å². The molecule has 0 N–H and O–H groups in total. The van der Waals surface area contributed by atoms with Crippen LogP contribution in [0.4, 0.5) is 11.5 Å². The fourth-order valence-electron chi connectivity index (χ4n) is 1.39. The van der Waals surface area contributed by atoms with E-state index in [9.17, 15) is 0 Å². The van der Waals surface area contributed by atoms with Crippen molar-refractivity contribution in [2.75, 3.05) is 11.9 Å². The maximum Gasteiger partial charge on any atom is 0.155 e. The van der Waals surface area contributed by atoms with Crippen molar-refractivity contribution in [2.45, 2.75) is 5.88 Å². The lowest BCUT2D eigenvalue weighted by atomic mass is 10.3. The Morgan fingerprint density at radius 2 is 1.81 bits per heavy atom. The summed E-state index contributed by atoms with van der Waals surface area (Å²) in [7, 11) is 1.96. The van der Waals surface area contributed by atoms with Crippen molar-refractivity contribution in [1.82, 2.24) is 10.2 Å². The highest BCUT2D eigenvalue weighted by atomic mass is 35.5. The van der Waals surface area contributed by atoms with Gasteiger partial charge in [0.05, 0.1) is 11.6 Å². The van der Waals surface area contributed by atoms with Crippen LogP contribution in [0.25, 0.3) is 0 Å². The summed E-state index contributed by atoms with van der Waals surface area (Å²) < 4.78 is 0. The Bertz CT molecular complexity index is 442. The van der Waals surface area contributed by atoms with E-state index in [1.807, 2.05) is 54.4 Å². The van der Waals surface area contributed by atoms with Crippen LogP contribution < -0.4 is 4.90 Å². The maximum absolute atomic E-state index is 5.66. The smallest absolute Gasteiger partial charge is 0.155 e. The number of hydrogen-bond acceptors (Lipinski definition) is 3. The van der Waals surface area contributed by atoms with Gasteiger partial charge in [-0.15, -0.1) is 16.7 Å². The topological polar surface area (TPSA) is 29.0 Å². The standard InChI is InChI=1S/C12H12ClN3/c1-16(11-5-3-2-4-6-11)12-8-7-10(9-13)14-15-12/h2-8H,9H2,1H3. The molecule has 0 aliphatic heterocycles. The quantitative estimate of drug-likeness (QED) is 0.764. The average molecular weight is 234 g/mol. The molecule has 1 aromatic carbocycles. The predicted octanol–water partition coefficient (Wildman–Crippen LogP) is 2.98. The number of rotatable bonds is 3. The number of nitrogens with zero attached hydrogens (tertiary/aromatic N) is 3. The van der Waals surface area contributed by atoms with Crippen LogP contribution in [0, 0.1) is 0 Å². The maximum atomic E-state index is 5.66. The molecule has 0 fully saturated rings. The van der Waals surface area contributed by atoms with Crippen molar-refractivity contribution in [3.63, 3.8) is 0 Å². The molecular weight excluding hydrogens is 222 g/mol. The van der Waals surface area contributed by atoms with Crippen LogP contribution in [0.1, 0.15) is 5.69 Å². The first-order valence-corrected chi connectivity index (χ1v) is 5.52. The van der Waals surface area contributed by atoms with E-state index in [2.05, 4.69) is 10.2 Å². The average Bonchev–Trinajstić information content (AvgIpc) is 2.39. The van der Waals surface area contributed by atoms with E-state index in [-0.39, 0.29) is 0 Å². The molecule has 0 spiro atoms. The Hall–Kier alpha value is -1.61. The van der Waals surface area contributed by atoms with Gasteiger partial charge in [-0.25, -0.2) is 0 Å². The molecule has 16 heavy (non-hydrogen) atoms. The number of benzene rings is 1. The Morgan fingerprint density at radius 1 is 1.06 bits per heavy atom. The first-order chi connectivity index (χ1) is 7.81. The minimum absolute atomic E-state index is 0.391. The number of para-hydroxylation sites is 1. The normalized spacial score (nSPS) is 10.1. The number of aromatic nitrogens is 2. The third kappa shape index (κ3) is 2.31. The zero-order valence-corrected chi connectivity index (χ0v) is 9.72. The van der Waals surface area contributed by atoms with Gasteiger partial charge in [-0.05, 0) is 24.3 Å². The first-order valence-electron chi connectivity index (χ1n) is 4.98. The molecule has 1 aromatic heterocycles. The van der Waals surface area contributed by atoms with Gasteiger partial charge >= 0.3 is 0 Å². The molecular formula is C12H12ClN3. The summed E-state index contributed by atoms with van der Waals surface area (Å²) >= 11 is 5.66. The zero-order valence-electron chi connectivity index (χ0n) is 8.97. The van der Waals surface area contributed by atoms with Gasteiger partial charge < -0.3 is 4.90 Å². The molecule has 0 saturated carbocycles. The predicted molar refractivity (Wildman–Crippen MR) is 66.1 cm³/mol. The van der Waals surface area contributed by atoms with E-state index in [0.29, 0.717) is 5.88 Å². The molecule has 2 rings (SSSR count). The van der Waals surface area contributed by atoms with E-state index in [0.717, 1.165) is 17.2 Å². The van der Waals surface area contributed by atoms with Gasteiger partial charge in [0, 0.05) is 12.7 Å². The summed E-state index contributed by atoms with van der Waals surface area (Å²) in [5.74, 6) is 1.20. The van der Waals surface area contributed by atoms with Gasteiger partial charge in [0.2, 0.25) is 0 Å². The molecule has 3 nitrogen and oxygen atoms in total. The Balaban J connectivity index is 2.24. The molecule has 0 aliphatic carbocycles. The van der Waals surface area contributed by atoms with E-state index < -0.39 is 0 Å². The summed E-state index contributed by atoms with van der Waals surface area (Å²) in [5, 5.41) is 8.14. The third-order valence-corrected chi connectivity index (χ3v) is 2.60. The lowest BCUT2D eigenvalue weighted by Crippen LogP contribution is -2.11. The van der Waals surface area contributed by atoms with Crippen LogP contribution in [0.3, 0.4) is 0 Å². The SMILES string of the molecule is CN(c1ccccc1)c1ccc(CCl)nn1. The van der Waals surface area contributed by atoms with Crippen LogP contribution in [0.15, 0.2) is 42.5 Å². The molecule has 2 aromatic rings. The molecule has 82 valence electrons. The summed E-state index contributed by atoms with van der Waals surface area (Å²) in [5.41, 5.74) is 1.86. The van der Waals surface area contributed by atoms with E-state index in [1.165, 1.54) is 0 Å². The number of anilines is 2. The van der Waals surface area contributed by atoms with Crippen molar-refractivity contribution in [1.29, 1.82) is 0 Å². The fourth-order valence-corrected chi connectivity index (χ4v) is 1.53. The monoisotopic (exact) mass is 233 g/mol. The molecule has 0 radical (unpaired) electrons. The van der Waals surface area contributed by atoms with Crippen LogP contribution in [-0.4, -0.2) is 17.2 Å². The fraction of sp³-hybridized carbons (Fsp3) is 0.167. The number of halogens is 1. The summed E-state index contributed by atoms with van der Waals surface area (Å²) in [6, 6.07) is 13.8. The van der Waals surface area contributed by atoms with Crippen molar-refractivity contribution < 1.29 is 0 Å². The zero-order chi connectivity index (χ0) is 11.4. The molecule has 0 bridgehead atoms. The molecule has 4 heteroatoms. The second-order valence-electron chi connectivity index (χ2n) is 3.41. The number of hydrogen-bond donors (Lipinski definition) is 0. The highest BCUT2D eigenvalue weighted by Crippen LogP contribution is 2.20. The molecule has 0 atom stereocenters. The first kappa shape index (κ1) is 10.9. The Morgan fingerprint density at radius 3 is 2.38 bits per heavy atom. The van der Waals surface area contributed by atoms with E-state index in [1.54, 1.807) is 0 Å². The van der Waals surface area contributed by atoms with Gasteiger partial charge in [0.15, 0.2) is 5.82 Å². The highest BCUT2D eigenvalue weighted by Gasteiger charge is 2.04. The largest absolute Gasteiger partial charge is 0.328 e. The summed E-state index contributed by atoms with van der Waals surface area (Å²) in [6.07, 6.45) is 0. The Labute approximate surface area is 99.7 Å². The van der Waals surface area contributed by atoms with Crippen molar-refractivity contribution in [3.05, 3.63) is 48.2 Å². The lowest BCUT2D eigenvalue weighted by molar-refractivity contribution is 0.943. The highest BCUT2D eigenvalue weighted by molar-refractivity contribution is 6.16. The van der Waals surface area contributed by atoms with Gasteiger partial charge in [0.1, 0.15) is 0 Å². The third-order valence-electron chi connectivity index (χ3n) is 2.33. The minimum atomic E-state index is 0.391. The van der Waals surface area contributed by atoms with Crippen molar-refractivity contribution in [3.8, 4) is 0 Å². The van der Waals surface area contributed by atoms with Gasteiger partial charge in [-0.1, -0.05) is 18.2 Å². The van der Waals surface area contributed by atoms with Gasteiger partial charge in [0.25, 0.3) is 0 Å². The van der Waals surface area contributed by atoms with E-state index >= 15 is 0 Å².